The van der Waals surface area contributed by atoms with Crippen LogP contribution in [0.1, 0.15) is 32.5 Å². The van der Waals surface area contributed by atoms with Crippen LogP contribution in [0.2, 0.25) is 0 Å². The number of benzene rings is 1. The third-order valence-electron chi connectivity index (χ3n) is 2.63. The summed E-state index contributed by atoms with van der Waals surface area (Å²) in [6.45, 7) is 3.27. The zero-order valence-electron chi connectivity index (χ0n) is 11.0. The number of carboxylic acids is 1. The van der Waals surface area contributed by atoms with Gasteiger partial charge in [0.15, 0.2) is 5.89 Å². The average Bonchev–Trinajstić information content (AvgIpc) is 2.71. The van der Waals surface area contributed by atoms with Gasteiger partial charge >= 0.3 is 5.97 Å². The first kappa shape index (κ1) is 15.7. The summed E-state index contributed by atoms with van der Waals surface area (Å²) in [4.78, 5) is 27.5. The molecule has 0 bridgehead atoms. The molecule has 0 aliphatic heterocycles. The normalized spacial score (nSPS) is 10.5. The lowest BCUT2D eigenvalue weighted by Crippen LogP contribution is -2.15. The van der Waals surface area contributed by atoms with E-state index in [4.69, 9.17) is 4.42 Å². The van der Waals surface area contributed by atoms with E-state index in [0.29, 0.717) is 20.5 Å². The summed E-state index contributed by atoms with van der Waals surface area (Å²) in [5, 5.41) is 11.8. The maximum atomic E-state index is 12.2. The van der Waals surface area contributed by atoms with Gasteiger partial charge in [-0.3, -0.25) is 4.79 Å². The molecule has 21 heavy (non-hydrogen) atoms. The minimum atomic E-state index is -1.15. The van der Waals surface area contributed by atoms with E-state index in [9.17, 15) is 14.7 Å². The molecule has 1 aromatic heterocycles. The van der Waals surface area contributed by atoms with Crippen LogP contribution in [0.3, 0.4) is 0 Å². The molecule has 0 aliphatic carbocycles. The summed E-state index contributed by atoms with van der Waals surface area (Å²) in [6.07, 6.45) is 0. The van der Waals surface area contributed by atoms with Crippen molar-refractivity contribution in [1.82, 2.24) is 4.98 Å². The standard InChI is InChI=1S/C13H10Br2N2O4/c1-5-11(21-6(2)16-5)12(18)17-10-8(13(19)20)3-7(14)4-9(10)15/h3-4H,1-2H3,(H,17,18)(H,19,20). The third kappa shape index (κ3) is 3.33. The molecule has 1 heterocycles. The van der Waals surface area contributed by atoms with Gasteiger partial charge in [0.05, 0.1) is 16.9 Å². The highest BCUT2D eigenvalue weighted by Crippen LogP contribution is 2.31. The van der Waals surface area contributed by atoms with Gasteiger partial charge in [-0.15, -0.1) is 0 Å². The van der Waals surface area contributed by atoms with Crippen molar-refractivity contribution >= 4 is 49.4 Å². The number of aromatic carboxylic acids is 1. The van der Waals surface area contributed by atoms with Crippen LogP contribution in [0.15, 0.2) is 25.5 Å². The lowest BCUT2D eigenvalue weighted by atomic mass is 10.1. The molecule has 0 radical (unpaired) electrons. The summed E-state index contributed by atoms with van der Waals surface area (Å²) >= 11 is 6.44. The Kier molecular flexibility index (Phi) is 4.48. The van der Waals surface area contributed by atoms with Crippen LogP contribution in [0.25, 0.3) is 0 Å². The summed E-state index contributed by atoms with van der Waals surface area (Å²) in [6, 6.07) is 3.04. The Labute approximate surface area is 136 Å². The zero-order valence-corrected chi connectivity index (χ0v) is 14.2. The number of anilines is 1. The SMILES string of the molecule is Cc1nc(C)c(C(=O)Nc2c(Br)cc(Br)cc2C(=O)O)o1. The van der Waals surface area contributed by atoms with Gasteiger partial charge in [-0.1, -0.05) is 15.9 Å². The van der Waals surface area contributed by atoms with Crippen molar-refractivity contribution in [3.63, 3.8) is 0 Å². The number of hydrogen-bond donors (Lipinski definition) is 2. The van der Waals surface area contributed by atoms with Crippen LogP contribution >= 0.6 is 31.9 Å². The molecular formula is C13H10Br2N2O4. The van der Waals surface area contributed by atoms with Crippen molar-refractivity contribution in [2.45, 2.75) is 13.8 Å². The number of carbonyl (C=O) groups is 2. The number of nitrogens with one attached hydrogen (secondary N) is 1. The number of rotatable bonds is 3. The Hall–Kier alpha value is -1.67. The number of halogens is 2. The van der Waals surface area contributed by atoms with Crippen LogP contribution in [0.4, 0.5) is 5.69 Å². The predicted molar refractivity (Wildman–Crippen MR) is 82.7 cm³/mol. The number of amides is 1. The van der Waals surface area contributed by atoms with Crippen LogP contribution < -0.4 is 5.32 Å². The van der Waals surface area contributed by atoms with E-state index < -0.39 is 11.9 Å². The second-order valence-corrected chi connectivity index (χ2v) is 5.99. The van der Waals surface area contributed by atoms with Crippen LogP contribution in [0, 0.1) is 13.8 Å². The number of carboxylic acid groups (broad SMARTS) is 1. The van der Waals surface area contributed by atoms with Gasteiger partial charge in [-0.25, -0.2) is 9.78 Å². The first-order valence-corrected chi connectivity index (χ1v) is 7.36. The molecule has 6 nitrogen and oxygen atoms in total. The second-order valence-electron chi connectivity index (χ2n) is 4.22. The minimum absolute atomic E-state index is 0.0431. The fourth-order valence-corrected chi connectivity index (χ4v) is 3.11. The second kappa shape index (κ2) is 5.98. The molecule has 1 aromatic carbocycles. The molecule has 2 N–H and O–H groups in total. The maximum absolute atomic E-state index is 12.2. The summed E-state index contributed by atoms with van der Waals surface area (Å²) in [5.41, 5.74) is 0.553. The Morgan fingerprint density at radius 1 is 1.29 bits per heavy atom. The molecule has 0 atom stereocenters. The zero-order chi connectivity index (χ0) is 15.7. The molecule has 110 valence electrons. The highest BCUT2D eigenvalue weighted by Gasteiger charge is 2.21. The monoisotopic (exact) mass is 416 g/mol. The number of nitrogens with zero attached hydrogens (tertiary/aromatic N) is 1. The van der Waals surface area contributed by atoms with E-state index >= 15 is 0 Å². The Bertz CT molecular complexity index is 740. The summed E-state index contributed by atoms with van der Waals surface area (Å²) in [7, 11) is 0. The van der Waals surface area contributed by atoms with E-state index in [1.54, 1.807) is 19.9 Å². The molecule has 0 fully saturated rings. The van der Waals surface area contributed by atoms with Crippen molar-refractivity contribution in [3.05, 3.63) is 44.0 Å². The van der Waals surface area contributed by atoms with Crippen molar-refractivity contribution < 1.29 is 19.1 Å². The first-order chi connectivity index (χ1) is 9.79. The number of carbonyl (C=O) groups excluding carboxylic acids is 1. The molecule has 2 aromatic rings. The topological polar surface area (TPSA) is 92.4 Å². The average molecular weight is 418 g/mol. The molecule has 0 unspecified atom stereocenters. The van der Waals surface area contributed by atoms with Gasteiger partial charge in [-0.2, -0.15) is 0 Å². The van der Waals surface area contributed by atoms with E-state index in [2.05, 4.69) is 42.2 Å². The van der Waals surface area contributed by atoms with Gasteiger partial charge in [0.2, 0.25) is 5.76 Å². The smallest absolute Gasteiger partial charge is 0.337 e. The highest BCUT2D eigenvalue weighted by atomic mass is 79.9. The molecule has 0 aliphatic rings. The fraction of sp³-hybridized carbons (Fsp3) is 0.154. The lowest BCUT2D eigenvalue weighted by molar-refractivity contribution is 0.0698. The minimum Gasteiger partial charge on any atom is -0.478 e. The molecule has 0 saturated carbocycles. The largest absolute Gasteiger partial charge is 0.478 e. The number of oxazole rings is 1. The Balaban J connectivity index is 2.42. The molecule has 8 heteroatoms. The van der Waals surface area contributed by atoms with E-state index in [1.165, 1.54) is 6.07 Å². The van der Waals surface area contributed by atoms with Crippen LogP contribution in [-0.2, 0) is 0 Å². The predicted octanol–water partition coefficient (Wildman–Crippen LogP) is 3.77. The number of aryl methyl sites for hydroxylation is 2. The maximum Gasteiger partial charge on any atom is 0.337 e. The highest BCUT2D eigenvalue weighted by molar-refractivity contribution is 9.11. The molecule has 0 saturated heterocycles. The van der Waals surface area contributed by atoms with Crippen molar-refractivity contribution in [3.8, 4) is 0 Å². The summed E-state index contributed by atoms with van der Waals surface area (Å²) in [5.74, 6) is -1.29. The molecule has 1 amide bonds. The Morgan fingerprint density at radius 3 is 2.48 bits per heavy atom. The number of hydrogen-bond acceptors (Lipinski definition) is 4. The van der Waals surface area contributed by atoms with Crippen molar-refractivity contribution in [1.29, 1.82) is 0 Å². The van der Waals surface area contributed by atoms with Gasteiger partial charge in [0.1, 0.15) is 0 Å². The molecule has 0 spiro atoms. The van der Waals surface area contributed by atoms with Gasteiger partial charge in [0.25, 0.3) is 5.91 Å². The van der Waals surface area contributed by atoms with Crippen molar-refractivity contribution in [2.75, 3.05) is 5.32 Å². The van der Waals surface area contributed by atoms with Gasteiger partial charge < -0.3 is 14.8 Å². The van der Waals surface area contributed by atoms with E-state index in [0.717, 1.165) is 0 Å². The third-order valence-corrected chi connectivity index (χ3v) is 3.72. The quantitative estimate of drug-likeness (QED) is 0.792. The fourth-order valence-electron chi connectivity index (χ4n) is 1.78. The Morgan fingerprint density at radius 2 is 1.95 bits per heavy atom. The van der Waals surface area contributed by atoms with Crippen molar-refractivity contribution in [2.24, 2.45) is 0 Å². The molecule has 2 rings (SSSR count). The van der Waals surface area contributed by atoms with Crippen LogP contribution in [0.5, 0.6) is 0 Å². The first-order valence-electron chi connectivity index (χ1n) is 5.77. The number of aromatic nitrogens is 1. The van der Waals surface area contributed by atoms with Gasteiger partial charge in [-0.05, 0) is 35.0 Å². The lowest BCUT2D eigenvalue weighted by Gasteiger charge is -2.10. The van der Waals surface area contributed by atoms with E-state index in [-0.39, 0.29) is 17.0 Å². The summed E-state index contributed by atoms with van der Waals surface area (Å²) < 4.78 is 6.24. The van der Waals surface area contributed by atoms with E-state index in [1.807, 2.05) is 0 Å². The van der Waals surface area contributed by atoms with Crippen LogP contribution in [-0.4, -0.2) is 22.0 Å². The van der Waals surface area contributed by atoms with Gasteiger partial charge in [0, 0.05) is 15.9 Å². The molecular weight excluding hydrogens is 408 g/mol.